The molecular weight excluding hydrogens is 234 g/mol. The number of fused-ring (bicyclic) bond motifs is 1. The van der Waals surface area contributed by atoms with Crippen molar-refractivity contribution >= 4 is 17.9 Å². The molecule has 2 aliphatic rings. The molecule has 0 radical (unpaired) electrons. The van der Waals surface area contributed by atoms with Crippen LogP contribution in [0, 0.1) is 0 Å². The fourth-order valence-corrected chi connectivity index (χ4v) is 1.82. The van der Waals surface area contributed by atoms with Crippen LogP contribution < -0.4 is 9.47 Å². The van der Waals surface area contributed by atoms with E-state index in [-0.39, 0.29) is 0 Å². The van der Waals surface area contributed by atoms with Gasteiger partial charge in [0.05, 0.1) is 0 Å². The Morgan fingerprint density at radius 1 is 1.22 bits per heavy atom. The zero-order valence-electron chi connectivity index (χ0n) is 9.80. The van der Waals surface area contributed by atoms with E-state index < -0.39 is 5.97 Å². The van der Waals surface area contributed by atoms with Crippen molar-refractivity contribution in [1.82, 2.24) is 0 Å². The van der Waals surface area contributed by atoms with E-state index in [1.54, 1.807) is 13.0 Å². The number of carbonyl (C=O) groups is 1. The second kappa shape index (κ2) is 4.18. The maximum atomic E-state index is 11.4. The van der Waals surface area contributed by atoms with E-state index in [4.69, 9.17) is 14.2 Å². The Balaban J connectivity index is 1.94. The molecular formula is C13H11NO4. The maximum Gasteiger partial charge on any atom is 0.363 e. The first-order chi connectivity index (χ1) is 8.72. The summed E-state index contributed by atoms with van der Waals surface area (Å²) < 4.78 is 15.7. The molecule has 0 amide bonds. The lowest BCUT2D eigenvalue weighted by molar-refractivity contribution is -0.130. The molecule has 0 atom stereocenters. The van der Waals surface area contributed by atoms with Gasteiger partial charge in [0, 0.05) is 6.92 Å². The van der Waals surface area contributed by atoms with E-state index in [2.05, 4.69) is 4.99 Å². The van der Waals surface area contributed by atoms with Gasteiger partial charge >= 0.3 is 5.97 Å². The van der Waals surface area contributed by atoms with E-state index in [1.807, 2.05) is 18.2 Å². The molecule has 0 spiro atoms. The average Bonchev–Trinajstić information content (AvgIpc) is 2.68. The number of hydrogen-bond acceptors (Lipinski definition) is 5. The first kappa shape index (κ1) is 10.8. The van der Waals surface area contributed by atoms with Crippen LogP contribution in [0.25, 0.3) is 6.08 Å². The molecule has 2 aliphatic heterocycles. The Hall–Kier alpha value is -2.30. The first-order valence-electron chi connectivity index (χ1n) is 5.61. The molecule has 1 aromatic carbocycles. The zero-order valence-corrected chi connectivity index (χ0v) is 9.80. The number of aliphatic imine (C=N–C) groups is 1. The van der Waals surface area contributed by atoms with E-state index in [9.17, 15) is 4.79 Å². The molecule has 18 heavy (non-hydrogen) atoms. The van der Waals surface area contributed by atoms with Gasteiger partial charge in [0.2, 0.25) is 0 Å². The summed E-state index contributed by atoms with van der Waals surface area (Å²) in [5.41, 5.74) is 1.12. The van der Waals surface area contributed by atoms with Crippen molar-refractivity contribution in [3.05, 3.63) is 29.5 Å². The van der Waals surface area contributed by atoms with Gasteiger partial charge in [-0.15, -0.1) is 0 Å². The topological polar surface area (TPSA) is 57.1 Å². The molecule has 0 aliphatic carbocycles. The number of nitrogens with zero attached hydrogens (tertiary/aromatic N) is 1. The van der Waals surface area contributed by atoms with Gasteiger partial charge in [-0.2, -0.15) is 0 Å². The van der Waals surface area contributed by atoms with Gasteiger partial charge in [-0.1, -0.05) is 6.07 Å². The van der Waals surface area contributed by atoms with Crippen molar-refractivity contribution < 1.29 is 19.0 Å². The average molecular weight is 245 g/mol. The molecule has 0 bridgehead atoms. The second-order valence-electron chi connectivity index (χ2n) is 3.95. The standard InChI is InChI=1S/C13H11NO4/c1-8-14-10(13(15)18-8)6-9-2-3-11-12(7-9)17-5-4-16-11/h2-3,6-7H,4-5H2,1H3/b10-6+. The lowest BCUT2D eigenvalue weighted by Gasteiger charge is -2.18. The minimum absolute atomic E-state index is 0.296. The number of benzene rings is 1. The summed E-state index contributed by atoms with van der Waals surface area (Å²) in [4.78, 5) is 15.4. The van der Waals surface area contributed by atoms with Crippen LogP contribution in [0.15, 0.2) is 28.9 Å². The third-order valence-electron chi connectivity index (χ3n) is 2.60. The van der Waals surface area contributed by atoms with Crippen molar-refractivity contribution in [2.45, 2.75) is 6.92 Å². The summed E-state index contributed by atoms with van der Waals surface area (Å²) in [5, 5.41) is 0. The van der Waals surface area contributed by atoms with E-state index in [0.717, 1.165) is 11.3 Å². The first-order valence-corrected chi connectivity index (χ1v) is 5.61. The number of cyclic esters (lactones) is 1. The summed E-state index contributed by atoms with van der Waals surface area (Å²) >= 11 is 0. The largest absolute Gasteiger partial charge is 0.486 e. The van der Waals surface area contributed by atoms with E-state index >= 15 is 0 Å². The van der Waals surface area contributed by atoms with Gasteiger partial charge in [-0.05, 0) is 23.8 Å². The van der Waals surface area contributed by atoms with Crippen molar-refractivity contribution in [2.24, 2.45) is 4.99 Å². The van der Waals surface area contributed by atoms with Crippen LogP contribution in [-0.4, -0.2) is 25.1 Å². The fourth-order valence-electron chi connectivity index (χ4n) is 1.82. The second-order valence-corrected chi connectivity index (χ2v) is 3.95. The van der Waals surface area contributed by atoms with Crippen LogP contribution in [0.1, 0.15) is 12.5 Å². The molecule has 5 nitrogen and oxygen atoms in total. The predicted octanol–water partition coefficient (Wildman–Crippen LogP) is 1.77. The van der Waals surface area contributed by atoms with Crippen LogP contribution in [-0.2, 0) is 9.53 Å². The minimum atomic E-state index is -0.428. The van der Waals surface area contributed by atoms with Gasteiger partial charge < -0.3 is 14.2 Å². The Morgan fingerprint density at radius 3 is 2.72 bits per heavy atom. The molecule has 0 saturated carbocycles. The maximum absolute atomic E-state index is 11.4. The fraction of sp³-hybridized carbons (Fsp3) is 0.231. The molecule has 0 aromatic heterocycles. The lowest BCUT2D eigenvalue weighted by Crippen LogP contribution is -2.15. The summed E-state index contributed by atoms with van der Waals surface area (Å²) in [6, 6.07) is 5.48. The Labute approximate surface area is 104 Å². The van der Waals surface area contributed by atoms with Gasteiger partial charge in [0.1, 0.15) is 13.2 Å². The molecule has 0 unspecified atom stereocenters. The van der Waals surface area contributed by atoms with Gasteiger partial charge in [-0.25, -0.2) is 9.79 Å². The third kappa shape index (κ3) is 1.95. The molecule has 0 fully saturated rings. The van der Waals surface area contributed by atoms with Crippen LogP contribution in [0.3, 0.4) is 0 Å². The smallest absolute Gasteiger partial charge is 0.363 e. The normalized spacial score (nSPS) is 19.7. The van der Waals surface area contributed by atoms with Crippen molar-refractivity contribution in [3.63, 3.8) is 0 Å². The Morgan fingerprint density at radius 2 is 2.00 bits per heavy atom. The Kier molecular flexibility index (Phi) is 2.51. The van der Waals surface area contributed by atoms with Crippen LogP contribution in [0.5, 0.6) is 11.5 Å². The molecule has 0 saturated heterocycles. The van der Waals surface area contributed by atoms with E-state index in [1.165, 1.54) is 0 Å². The molecule has 5 heteroatoms. The number of carbonyl (C=O) groups excluding carboxylic acids is 1. The van der Waals surface area contributed by atoms with Crippen molar-refractivity contribution in [3.8, 4) is 11.5 Å². The quantitative estimate of drug-likeness (QED) is 0.559. The molecule has 92 valence electrons. The minimum Gasteiger partial charge on any atom is -0.486 e. The highest BCUT2D eigenvalue weighted by molar-refractivity contribution is 6.06. The summed E-state index contributed by atoms with van der Waals surface area (Å²) in [5.74, 6) is 1.34. The van der Waals surface area contributed by atoms with Crippen LogP contribution in [0.2, 0.25) is 0 Å². The lowest BCUT2D eigenvalue weighted by atomic mass is 10.1. The van der Waals surface area contributed by atoms with Crippen LogP contribution >= 0.6 is 0 Å². The van der Waals surface area contributed by atoms with Gasteiger partial charge in [0.25, 0.3) is 0 Å². The number of esters is 1. The SMILES string of the molecule is CC1=N/C(=C/c2ccc3c(c2)OCCO3)C(=O)O1. The number of hydrogen-bond donors (Lipinski definition) is 0. The monoisotopic (exact) mass is 245 g/mol. The van der Waals surface area contributed by atoms with E-state index in [0.29, 0.717) is 30.6 Å². The molecule has 1 aromatic rings. The number of rotatable bonds is 1. The number of ether oxygens (including phenoxy) is 3. The predicted molar refractivity (Wildman–Crippen MR) is 64.6 cm³/mol. The summed E-state index contributed by atoms with van der Waals surface area (Å²) in [6.07, 6.45) is 1.66. The van der Waals surface area contributed by atoms with Gasteiger partial charge in [-0.3, -0.25) is 0 Å². The third-order valence-corrected chi connectivity index (χ3v) is 2.60. The Bertz CT molecular complexity index is 574. The molecule has 3 rings (SSSR count). The molecule has 0 N–H and O–H groups in total. The summed E-state index contributed by atoms with van der Waals surface area (Å²) in [6.45, 7) is 2.73. The van der Waals surface area contributed by atoms with Crippen molar-refractivity contribution in [2.75, 3.05) is 13.2 Å². The summed E-state index contributed by atoms with van der Waals surface area (Å²) in [7, 11) is 0. The molecule has 2 heterocycles. The highest BCUT2D eigenvalue weighted by Crippen LogP contribution is 2.31. The van der Waals surface area contributed by atoms with Gasteiger partial charge in [0.15, 0.2) is 23.1 Å². The highest BCUT2D eigenvalue weighted by Gasteiger charge is 2.20. The zero-order chi connectivity index (χ0) is 12.5. The van der Waals surface area contributed by atoms with Crippen LogP contribution in [0.4, 0.5) is 0 Å². The highest BCUT2D eigenvalue weighted by atomic mass is 16.6. The van der Waals surface area contributed by atoms with Crippen molar-refractivity contribution in [1.29, 1.82) is 0 Å².